The number of carbonyl (C=O) groups is 3. The summed E-state index contributed by atoms with van der Waals surface area (Å²) in [6.45, 7) is 5.29. The molecule has 0 bridgehead atoms. The van der Waals surface area contributed by atoms with Crippen molar-refractivity contribution < 1.29 is 24.2 Å². The van der Waals surface area contributed by atoms with Crippen molar-refractivity contribution in [1.29, 1.82) is 0 Å². The van der Waals surface area contributed by atoms with Crippen LogP contribution < -0.4 is 5.32 Å². The van der Waals surface area contributed by atoms with Crippen LogP contribution in [0.2, 0.25) is 0 Å². The average Bonchev–Trinajstić information content (AvgIpc) is 2.39. The number of ether oxygens (including phenoxy) is 1. The molecule has 0 radical (unpaired) electrons. The highest BCUT2D eigenvalue weighted by Crippen LogP contribution is 2.11. The van der Waals surface area contributed by atoms with Crippen molar-refractivity contribution in [3.05, 3.63) is 0 Å². The van der Waals surface area contributed by atoms with Gasteiger partial charge in [0.15, 0.2) is 5.78 Å². The Morgan fingerprint density at radius 2 is 2.05 bits per heavy atom. The van der Waals surface area contributed by atoms with E-state index in [4.69, 9.17) is 9.84 Å². The van der Waals surface area contributed by atoms with Gasteiger partial charge in [-0.1, -0.05) is 0 Å². The van der Waals surface area contributed by atoms with Gasteiger partial charge in [-0.3, -0.25) is 4.79 Å². The lowest BCUT2D eigenvalue weighted by Gasteiger charge is -2.22. The molecule has 1 aliphatic rings. The summed E-state index contributed by atoms with van der Waals surface area (Å²) in [5, 5.41) is 11.4. The largest absolute Gasteiger partial charge is 0.465 e. The standard InChI is InChI=1S/C12H20N2O5/c1-12(2,3)19-10(16)13-8-5-4-6-14(11(17)18)7-9(8)15/h8H,4-7H2,1-3H3,(H,13,16)(H,17,18). The van der Waals surface area contributed by atoms with E-state index in [2.05, 4.69) is 5.32 Å². The van der Waals surface area contributed by atoms with Gasteiger partial charge in [0.25, 0.3) is 0 Å². The van der Waals surface area contributed by atoms with Crippen LogP contribution in [0.1, 0.15) is 33.6 Å². The Kier molecular flexibility index (Phi) is 4.74. The first-order valence-electron chi connectivity index (χ1n) is 6.19. The number of Topliss-reactive ketones (excluding diaryl/α,β-unsaturated/α-hetero) is 1. The number of likely N-dealkylation sites (tertiary alicyclic amines) is 1. The monoisotopic (exact) mass is 272 g/mol. The highest BCUT2D eigenvalue weighted by atomic mass is 16.6. The Morgan fingerprint density at radius 1 is 1.42 bits per heavy atom. The van der Waals surface area contributed by atoms with E-state index in [0.29, 0.717) is 19.4 Å². The number of alkyl carbamates (subject to hydrolysis) is 1. The second-order valence-electron chi connectivity index (χ2n) is 5.51. The molecule has 1 heterocycles. The van der Waals surface area contributed by atoms with Crippen molar-refractivity contribution in [2.24, 2.45) is 0 Å². The molecule has 1 rings (SSSR count). The molecule has 1 aliphatic heterocycles. The molecular weight excluding hydrogens is 252 g/mol. The van der Waals surface area contributed by atoms with Crippen molar-refractivity contribution in [3.8, 4) is 0 Å². The van der Waals surface area contributed by atoms with Crippen molar-refractivity contribution >= 4 is 18.0 Å². The number of rotatable bonds is 1. The van der Waals surface area contributed by atoms with E-state index in [-0.39, 0.29) is 12.3 Å². The van der Waals surface area contributed by atoms with Crippen LogP contribution in [-0.2, 0) is 9.53 Å². The second kappa shape index (κ2) is 5.90. The minimum absolute atomic E-state index is 0.199. The van der Waals surface area contributed by atoms with Crippen LogP contribution in [0, 0.1) is 0 Å². The SMILES string of the molecule is CC(C)(C)OC(=O)NC1CCCN(C(=O)O)CC1=O. The first-order chi connectivity index (χ1) is 8.69. The maximum absolute atomic E-state index is 11.9. The quantitative estimate of drug-likeness (QED) is 0.748. The molecule has 2 N–H and O–H groups in total. The summed E-state index contributed by atoms with van der Waals surface area (Å²) in [6.07, 6.45) is -0.832. The molecule has 0 spiro atoms. The Hall–Kier alpha value is -1.79. The van der Waals surface area contributed by atoms with Crippen molar-refractivity contribution in [2.75, 3.05) is 13.1 Å². The van der Waals surface area contributed by atoms with Crippen LogP contribution in [-0.4, -0.2) is 52.7 Å². The number of carbonyl (C=O) groups excluding carboxylic acids is 2. The molecule has 7 heteroatoms. The number of nitrogens with zero attached hydrogens (tertiary/aromatic N) is 1. The van der Waals surface area contributed by atoms with E-state index in [1.54, 1.807) is 20.8 Å². The maximum atomic E-state index is 11.9. The van der Waals surface area contributed by atoms with Crippen LogP contribution in [0.4, 0.5) is 9.59 Å². The van der Waals surface area contributed by atoms with Gasteiger partial charge in [0.1, 0.15) is 5.60 Å². The lowest BCUT2D eigenvalue weighted by Crippen LogP contribution is -2.45. The zero-order chi connectivity index (χ0) is 14.6. The molecule has 0 aromatic heterocycles. The fraction of sp³-hybridized carbons (Fsp3) is 0.750. The highest BCUT2D eigenvalue weighted by molar-refractivity contribution is 5.91. The average molecular weight is 272 g/mol. The van der Waals surface area contributed by atoms with Gasteiger partial charge in [-0.05, 0) is 33.6 Å². The summed E-state index contributed by atoms with van der Waals surface area (Å²) in [7, 11) is 0. The van der Waals surface area contributed by atoms with E-state index in [1.165, 1.54) is 0 Å². The van der Waals surface area contributed by atoms with Gasteiger partial charge in [0.05, 0.1) is 12.6 Å². The molecule has 1 saturated heterocycles. The second-order valence-corrected chi connectivity index (χ2v) is 5.51. The third kappa shape index (κ3) is 5.15. The van der Waals surface area contributed by atoms with Crippen molar-refractivity contribution in [3.63, 3.8) is 0 Å². The molecular formula is C12H20N2O5. The summed E-state index contributed by atoms with van der Waals surface area (Å²) in [4.78, 5) is 35.3. The Balaban J connectivity index is 2.57. The van der Waals surface area contributed by atoms with E-state index in [1.807, 2.05) is 0 Å². The molecule has 1 fully saturated rings. The molecule has 0 aromatic carbocycles. The van der Waals surface area contributed by atoms with Gasteiger partial charge in [-0.25, -0.2) is 9.59 Å². The molecule has 0 aromatic rings. The van der Waals surface area contributed by atoms with E-state index < -0.39 is 23.8 Å². The highest BCUT2D eigenvalue weighted by Gasteiger charge is 2.29. The van der Waals surface area contributed by atoms with Crippen LogP contribution in [0.5, 0.6) is 0 Å². The first-order valence-corrected chi connectivity index (χ1v) is 6.19. The minimum Gasteiger partial charge on any atom is -0.465 e. The Bertz CT molecular complexity index is 375. The normalized spacial score (nSPS) is 20.7. The van der Waals surface area contributed by atoms with Crippen LogP contribution in [0.15, 0.2) is 0 Å². The fourth-order valence-corrected chi connectivity index (χ4v) is 1.79. The van der Waals surface area contributed by atoms with Gasteiger partial charge in [-0.15, -0.1) is 0 Å². The van der Waals surface area contributed by atoms with Crippen LogP contribution >= 0.6 is 0 Å². The third-order valence-electron chi connectivity index (χ3n) is 2.62. The number of carboxylic acid groups (broad SMARTS) is 1. The smallest absolute Gasteiger partial charge is 0.408 e. The summed E-state index contributed by atoms with van der Waals surface area (Å²) < 4.78 is 5.07. The number of hydrogen-bond donors (Lipinski definition) is 2. The Morgan fingerprint density at radius 3 is 2.58 bits per heavy atom. The number of ketones is 1. The summed E-state index contributed by atoms with van der Waals surface area (Å²) in [5.74, 6) is -0.314. The molecule has 2 amide bonds. The molecule has 1 unspecified atom stereocenters. The zero-order valence-electron chi connectivity index (χ0n) is 11.4. The fourth-order valence-electron chi connectivity index (χ4n) is 1.79. The third-order valence-corrected chi connectivity index (χ3v) is 2.62. The van der Waals surface area contributed by atoms with Crippen molar-refractivity contribution in [1.82, 2.24) is 10.2 Å². The van der Waals surface area contributed by atoms with Crippen LogP contribution in [0.25, 0.3) is 0 Å². The number of hydrogen-bond acceptors (Lipinski definition) is 4. The summed E-state index contributed by atoms with van der Waals surface area (Å²) in [5.41, 5.74) is -0.634. The van der Waals surface area contributed by atoms with E-state index in [9.17, 15) is 14.4 Å². The molecule has 7 nitrogen and oxygen atoms in total. The lowest BCUT2D eigenvalue weighted by molar-refractivity contribution is -0.121. The zero-order valence-corrected chi connectivity index (χ0v) is 11.4. The predicted molar refractivity (Wildman–Crippen MR) is 67.0 cm³/mol. The first kappa shape index (κ1) is 15.3. The van der Waals surface area contributed by atoms with Gasteiger partial charge in [0.2, 0.25) is 0 Å². The Labute approximate surface area is 111 Å². The van der Waals surface area contributed by atoms with Gasteiger partial charge in [0, 0.05) is 6.54 Å². The topological polar surface area (TPSA) is 95.9 Å². The maximum Gasteiger partial charge on any atom is 0.408 e. The molecule has 0 saturated carbocycles. The van der Waals surface area contributed by atoms with Gasteiger partial charge < -0.3 is 20.1 Å². The van der Waals surface area contributed by atoms with Gasteiger partial charge >= 0.3 is 12.2 Å². The summed E-state index contributed by atoms with van der Waals surface area (Å²) in [6, 6.07) is -0.681. The predicted octanol–water partition coefficient (Wildman–Crippen LogP) is 1.22. The van der Waals surface area contributed by atoms with Crippen LogP contribution in [0.3, 0.4) is 0 Å². The van der Waals surface area contributed by atoms with E-state index >= 15 is 0 Å². The van der Waals surface area contributed by atoms with Crippen molar-refractivity contribution in [2.45, 2.75) is 45.3 Å². The van der Waals surface area contributed by atoms with Gasteiger partial charge in [-0.2, -0.15) is 0 Å². The molecule has 19 heavy (non-hydrogen) atoms. The number of amides is 2. The molecule has 1 atom stereocenters. The molecule has 108 valence electrons. The minimum atomic E-state index is -1.12. The number of nitrogens with one attached hydrogen (secondary N) is 1. The molecule has 0 aliphatic carbocycles. The van der Waals surface area contributed by atoms with E-state index in [0.717, 1.165) is 4.90 Å². The summed E-state index contributed by atoms with van der Waals surface area (Å²) >= 11 is 0. The lowest BCUT2D eigenvalue weighted by atomic mass is 10.1.